The monoisotopic (exact) mass is 395 g/mol. The summed E-state index contributed by atoms with van der Waals surface area (Å²) in [7, 11) is 1.56. The number of para-hydroxylation sites is 2. The number of hydrogen-bond donors (Lipinski definition) is 1. The average molecular weight is 395 g/mol. The highest BCUT2D eigenvalue weighted by Crippen LogP contribution is 2.30. The number of hydrogen-bond acceptors (Lipinski definition) is 5. The van der Waals surface area contributed by atoms with Crippen molar-refractivity contribution < 1.29 is 9.53 Å². The lowest BCUT2D eigenvalue weighted by Gasteiger charge is -2.11. The molecule has 7 heteroatoms. The first-order valence-electron chi connectivity index (χ1n) is 9.36. The first-order chi connectivity index (χ1) is 14.7. The summed E-state index contributed by atoms with van der Waals surface area (Å²) in [5.74, 6) is 0.184. The van der Waals surface area contributed by atoms with Crippen molar-refractivity contribution in [1.82, 2.24) is 19.4 Å². The first kappa shape index (κ1) is 17.8. The second-order valence-corrected chi connectivity index (χ2v) is 6.71. The summed E-state index contributed by atoms with van der Waals surface area (Å²) in [6.45, 7) is 0. The highest BCUT2D eigenvalue weighted by molar-refractivity contribution is 6.04. The van der Waals surface area contributed by atoms with Gasteiger partial charge in [-0.1, -0.05) is 18.2 Å². The maximum atomic E-state index is 12.8. The summed E-state index contributed by atoms with van der Waals surface area (Å²) >= 11 is 0. The van der Waals surface area contributed by atoms with Gasteiger partial charge in [0.15, 0.2) is 0 Å². The quantitative estimate of drug-likeness (QED) is 0.493. The molecule has 5 aromatic rings. The van der Waals surface area contributed by atoms with E-state index >= 15 is 0 Å². The van der Waals surface area contributed by atoms with Gasteiger partial charge in [0.2, 0.25) is 0 Å². The summed E-state index contributed by atoms with van der Waals surface area (Å²) in [5, 5.41) is 2.89. The highest BCUT2D eigenvalue weighted by Gasteiger charge is 2.14. The van der Waals surface area contributed by atoms with Crippen molar-refractivity contribution in [1.29, 1.82) is 0 Å². The van der Waals surface area contributed by atoms with Gasteiger partial charge in [0, 0.05) is 18.0 Å². The van der Waals surface area contributed by atoms with Crippen LogP contribution in [0, 0.1) is 0 Å². The zero-order chi connectivity index (χ0) is 20.5. The first-order valence-corrected chi connectivity index (χ1v) is 9.36. The molecule has 1 N–H and O–H groups in total. The molecule has 7 nitrogen and oxygen atoms in total. The van der Waals surface area contributed by atoms with E-state index in [1.54, 1.807) is 13.2 Å². The van der Waals surface area contributed by atoms with Crippen molar-refractivity contribution in [2.75, 3.05) is 12.4 Å². The molecule has 3 heterocycles. The van der Waals surface area contributed by atoms with E-state index in [0.717, 1.165) is 22.4 Å². The molecule has 0 bridgehead atoms. The molecule has 1 amide bonds. The normalized spacial score (nSPS) is 11.0. The highest BCUT2D eigenvalue weighted by atomic mass is 16.5. The van der Waals surface area contributed by atoms with Crippen molar-refractivity contribution in [3.8, 4) is 17.0 Å². The molecule has 3 aromatic heterocycles. The van der Waals surface area contributed by atoms with E-state index in [9.17, 15) is 4.79 Å². The predicted molar refractivity (Wildman–Crippen MR) is 115 cm³/mol. The Hall–Kier alpha value is -4.26. The molecular formula is C23H17N5O2. The molecule has 0 fully saturated rings. The molecular weight excluding hydrogens is 378 g/mol. The number of rotatable bonds is 4. The van der Waals surface area contributed by atoms with Crippen LogP contribution in [0.3, 0.4) is 0 Å². The van der Waals surface area contributed by atoms with Gasteiger partial charge in [-0.3, -0.25) is 9.78 Å². The fraction of sp³-hybridized carbons (Fsp3) is 0.0435. The Balaban J connectivity index is 1.49. The third-order valence-corrected chi connectivity index (χ3v) is 4.79. The third kappa shape index (κ3) is 3.22. The van der Waals surface area contributed by atoms with E-state index in [1.807, 2.05) is 71.4 Å². The van der Waals surface area contributed by atoms with Crippen molar-refractivity contribution >= 4 is 28.3 Å². The molecule has 0 aliphatic rings. The fourth-order valence-electron chi connectivity index (χ4n) is 3.29. The Kier molecular flexibility index (Phi) is 4.33. The molecule has 0 radical (unpaired) electrons. The van der Waals surface area contributed by atoms with Crippen LogP contribution in [-0.4, -0.2) is 32.4 Å². The number of amides is 1. The van der Waals surface area contributed by atoms with Gasteiger partial charge >= 0.3 is 0 Å². The molecule has 0 aliphatic carbocycles. The van der Waals surface area contributed by atoms with Crippen molar-refractivity contribution in [2.24, 2.45) is 0 Å². The minimum absolute atomic E-state index is 0.230. The van der Waals surface area contributed by atoms with Crippen LogP contribution in [0.1, 0.15) is 10.5 Å². The number of fused-ring (bicyclic) bond motifs is 2. The summed E-state index contributed by atoms with van der Waals surface area (Å²) < 4.78 is 7.37. The number of methoxy groups -OCH3 is 1. The summed E-state index contributed by atoms with van der Waals surface area (Å²) in [4.78, 5) is 26.2. The van der Waals surface area contributed by atoms with Crippen LogP contribution in [0.15, 0.2) is 79.3 Å². The van der Waals surface area contributed by atoms with E-state index < -0.39 is 0 Å². The number of anilines is 1. The maximum absolute atomic E-state index is 12.8. The number of pyridine rings is 1. The predicted octanol–water partition coefficient (Wildman–Crippen LogP) is 4.21. The Morgan fingerprint density at radius 1 is 1.00 bits per heavy atom. The largest absolute Gasteiger partial charge is 0.495 e. The molecule has 0 atom stereocenters. The minimum atomic E-state index is -0.362. The molecule has 0 saturated carbocycles. The average Bonchev–Trinajstić information content (AvgIpc) is 3.23. The molecule has 5 rings (SSSR count). The van der Waals surface area contributed by atoms with Crippen molar-refractivity contribution in [3.63, 3.8) is 0 Å². The summed E-state index contributed by atoms with van der Waals surface area (Å²) in [6, 6.07) is 18.8. The third-order valence-electron chi connectivity index (χ3n) is 4.79. The topological polar surface area (TPSA) is 81.4 Å². The van der Waals surface area contributed by atoms with Crippen LogP contribution in [0.2, 0.25) is 0 Å². The second-order valence-electron chi connectivity index (χ2n) is 6.71. The second kappa shape index (κ2) is 7.29. The van der Waals surface area contributed by atoms with Crippen LogP contribution in [0.5, 0.6) is 5.75 Å². The van der Waals surface area contributed by atoms with Crippen molar-refractivity contribution in [2.45, 2.75) is 0 Å². The van der Waals surface area contributed by atoms with Crippen LogP contribution in [-0.2, 0) is 0 Å². The molecule has 0 saturated heterocycles. The summed E-state index contributed by atoms with van der Waals surface area (Å²) in [6.07, 6.45) is 5.35. The number of ether oxygens (including phenoxy) is 1. The Labute approximate surface area is 172 Å². The number of aromatic nitrogens is 4. The van der Waals surface area contributed by atoms with Gasteiger partial charge in [-0.15, -0.1) is 0 Å². The smallest absolute Gasteiger partial charge is 0.275 e. The Morgan fingerprint density at radius 2 is 1.83 bits per heavy atom. The number of nitrogens with zero attached hydrogens (tertiary/aromatic N) is 4. The van der Waals surface area contributed by atoms with Gasteiger partial charge in [0.1, 0.15) is 17.1 Å². The molecule has 0 unspecified atom stereocenters. The zero-order valence-corrected chi connectivity index (χ0v) is 16.1. The zero-order valence-electron chi connectivity index (χ0n) is 16.1. The number of nitrogens with one attached hydrogen (secondary N) is 1. The van der Waals surface area contributed by atoms with Crippen LogP contribution >= 0.6 is 0 Å². The fourth-order valence-corrected chi connectivity index (χ4v) is 3.29. The van der Waals surface area contributed by atoms with Crippen LogP contribution in [0.25, 0.3) is 27.9 Å². The lowest BCUT2D eigenvalue weighted by molar-refractivity contribution is 0.102. The minimum Gasteiger partial charge on any atom is -0.495 e. The lowest BCUT2D eigenvalue weighted by atomic mass is 10.1. The van der Waals surface area contributed by atoms with E-state index in [1.165, 1.54) is 6.20 Å². The summed E-state index contributed by atoms with van der Waals surface area (Å²) in [5.41, 5.74) is 4.67. The Bertz CT molecular complexity index is 1360. The van der Waals surface area contributed by atoms with E-state index in [4.69, 9.17) is 4.74 Å². The SMILES string of the molecule is COc1ccc(-c2cn3ccccc3n2)cc1NC(=O)c1cnc2ccccc2n1. The molecule has 0 aliphatic heterocycles. The molecule has 2 aromatic carbocycles. The lowest BCUT2D eigenvalue weighted by Crippen LogP contribution is -2.15. The molecule has 0 spiro atoms. The number of imidazole rings is 1. The van der Waals surface area contributed by atoms with E-state index in [2.05, 4.69) is 20.3 Å². The van der Waals surface area contributed by atoms with Gasteiger partial charge in [0.25, 0.3) is 5.91 Å². The Morgan fingerprint density at radius 3 is 2.67 bits per heavy atom. The van der Waals surface area contributed by atoms with Gasteiger partial charge in [0.05, 0.1) is 35.7 Å². The van der Waals surface area contributed by atoms with Gasteiger partial charge < -0.3 is 14.5 Å². The van der Waals surface area contributed by atoms with E-state index in [0.29, 0.717) is 17.0 Å². The maximum Gasteiger partial charge on any atom is 0.275 e. The van der Waals surface area contributed by atoms with Gasteiger partial charge in [-0.25, -0.2) is 9.97 Å². The standard InChI is InChI=1S/C23H17N5O2/c1-30-21-10-9-15(20-14-28-11-5-4-8-22(28)26-20)12-18(21)27-23(29)19-13-24-16-6-2-3-7-17(16)25-19/h2-14H,1H3,(H,27,29). The van der Waals surface area contributed by atoms with Gasteiger partial charge in [-0.2, -0.15) is 0 Å². The van der Waals surface area contributed by atoms with E-state index in [-0.39, 0.29) is 11.6 Å². The van der Waals surface area contributed by atoms with Crippen LogP contribution < -0.4 is 10.1 Å². The van der Waals surface area contributed by atoms with Crippen LogP contribution in [0.4, 0.5) is 5.69 Å². The number of carbonyl (C=O) groups is 1. The molecule has 30 heavy (non-hydrogen) atoms. The van der Waals surface area contributed by atoms with Gasteiger partial charge in [-0.05, 0) is 42.5 Å². The molecule has 146 valence electrons. The van der Waals surface area contributed by atoms with Crippen molar-refractivity contribution in [3.05, 3.63) is 84.9 Å². The number of carbonyl (C=O) groups excluding carboxylic acids is 1. The number of benzene rings is 2.